The molecule has 4 rings (SSSR count). The minimum atomic E-state index is -1.69. The predicted molar refractivity (Wildman–Crippen MR) is 402 cm³/mol. The zero-order chi connectivity index (χ0) is 71.7. The summed E-state index contributed by atoms with van der Waals surface area (Å²) in [6.45, 7) is 42.7. The molecule has 0 amide bonds. The Morgan fingerprint density at radius 2 is 0.617 bits per heavy atom. The second-order valence-electron chi connectivity index (χ2n) is 28.3. The molecule has 0 spiro atoms. The number of carbonyl (C=O) groups excluding carboxylic acids is 3. The van der Waals surface area contributed by atoms with Crippen molar-refractivity contribution in [3.63, 3.8) is 0 Å². The summed E-state index contributed by atoms with van der Waals surface area (Å²) in [5, 5.41) is 51.2. The molecule has 0 bridgehead atoms. The molecule has 4 aliphatic rings. The van der Waals surface area contributed by atoms with Gasteiger partial charge in [-0.05, 0) is 227 Å². The van der Waals surface area contributed by atoms with Crippen LogP contribution in [0.5, 0.6) is 0 Å². The zero-order valence-corrected chi connectivity index (χ0v) is 61.9. The minimum Gasteiger partial charge on any atom is -0.394 e. The van der Waals surface area contributed by atoms with Gasteiger partial charge in [-0.1, -0.05) is 245 Å². The lowest BCUT2D eigenvalue weighted by Crippen LogP contribution is -2.37. The normalized spacial score (nSPS) is 20.3. The van der Waals surface area contributed by atoms with Crippen LogP contribution in [-0.2, 0) is 14.4 Å². The van der Waals surface area contributed by atoms with E-state index < -0.39 is 31.2 Å². The van der Waals surface area contributed by atoms with Crippen molar-refractivity contribution in [2.45, 2.75) is 228 Å². The molecule has 9 heteroatoms. The van der Waals surface area contributed by atoms with Gasteiger partial charge in [0.25, 0.3) is 0 Å². The molecule has 0 saturated carbocycles. The second kappa shape index (κ2) is 46.6. The Bertz CT molecular complexity index is 2880. The predicted octanol–water partition coefficient (Wildman–Crippen LogP) is 19.7. The third kappa shape index (κ3) is 36.5. The summed E-state index contributed by atoms with van der Waals surface area (Å²) < 4.78 is 0. The molecular weight excluding hydrogens is 1160 g/mol. The number of hydrogen-bond donors (Lipinski definition) is 6. The standard InChI is InChI=1S/2C20H30O.2C20H28O.C5H10O5/c4*1-16(8-6-9-17(2)13-15-21)11-12-19-18(3)10-7-14-20(19,4)5;6-1-3(8)5(10)4(9)2-7/h2*6,8-9,11-13,21H,7,10,14-15H2,1-5H3;2*6,8-9,11-13,15H,7,10,14H2,1-5H3;3,5-8,10H,1-2H2/b4*9-6+,12-11+,16-8+,17-13+;/t;;;;3-,5-/m....1/s1. The summed E-state index contributed by atoms with van der Waals surface area (Å²) in [5.41, 5.74) is 22.3. The van der Waals surface area contributed by atoms with Crippen molar-refractivity contribution in [3.05, 3.63) is 235 Å². The van der Waals surface area contributed by atoms with Crippen LogP contribution in [0.1, 0.15) is 216 Å². The lowest BCUT2D eigenvalue weighted by Gasteiger charge is -2.33. The molecule has 520 valence electrons. The lowest BCUT2D eigenvalue weighted by atomic mass is 9.72. The molecule has 0 aromatic carbocycles. The van der Waals surface area contributed by atoms with Gasteiger partial charge in [-0.2, -0.15) is 0 Å². The fraction of sp³-hybridized carbons (Fsp3) is 0.494. The SMILES string of the molecule is CC1=C(/C=C/C(C)=C/C=C/C(C)=C/C=O)C(C)(C)CCC1.CC1=C(/C=C/C(C)=C/C=C/C(C)=C/C=O)C(C)(C)CCC1.CC1=C(/C=C/C(C)=C/C=C/C(C)=C/CO)C(C)(C)CCC1.CC1=C(/C=C/C(C)=C/C=C/C(C)=C/CO)C(C)(C)CCC1.O=C(CO)[C@H](O)[C@H](O)CO. The minimum absolute atomic E-state index is 0.0985. The van der Waals surface area contributed by atoms with E-state index in [1.165, 1.54) is 144 Å². The molecule has 0 radical (unpaired) electrons. The van der Waals surface area contributed by atoms with Crippen molar-refractivity contribution in [1.82, 2.24) is 0 Å². The van der Waals surface area contributed by atoms with Crippen LogP contribution in [0, 0.1) is 21.7 Å². The van der Waals surface area contributed by atoms with Crippen molar-refractivity contribution in [2.24, 2.45) is 21.7 Å². The lowest BCUT2D eigenvalue weighted by molar-refractivity contribution is -0.137. The van der Waals surface area contributed by atoms with Gasteiger partial charge in [0.2, 0.25) is 0 Å². The van der Waals surface area contributed by atoms with Crippen LogP contribution in [0.25, 0.3) is 0 Å². The maximum Gasteiger partial charge on any atom is 0.189 e. The van der Waals surface area contributed by atoms with Gasteiger partial charge in [0.15, 0.2) is 5.78 Å². The highest BCUT2D eigenvalue weighted by atomic mass is 16.4. The van der Waals surface area contributed by atoms with E-state index in [2.05, 4.69) is 184 Å². The van der Waals surface area contributed by atoms with Crippen LogP contribution >= 0.6 is 0 Å². The van der Waals surface area contributed by atoms with Crippen LogP contribution in [0.15, 0.2) is 235 Å². The summed E-state index contributed by atoms with van der Waals surface area (Å²) in [5.74, 6) is -0.901. The molecule has 0 aromatic rings. The number of aldehydes is 2. The number of rotatable bonds is 24. The average molecular weight is 1290 g/mol. The monoisotopic (exact) mass is 1290 g/mol. The third-order valence-electron chi connectivity index (χ3n) is 17.6. The number of hydrogen-bond acceptors (Lipinski definition) is 9. The number of allylic oxidation sites excluding steroid dienone is 38. The largest absolute Gasteiger partial charge is 0.394 e. The smallest absolute Gasteiger partial charge is 0.189 e. The van der Waals surface area contributed by atoms with E-state index >= 15 is 0 Å². The van der Waals surface area contributed by atoms with Crippen LogP contribution in [0.2, 0.25) is 0 Å². The van der Waals surface area contributed by atoms with Gasteiger partial charge in [0.05, 0.1) is 19.8 Å². The number of Topliss-reactive ketones (excluding diaryl/α,β-unsaturated/α-hetero) is 1. The fourth-order valence-electron chi connectivity index (χ4n) is 11.7. The van der Waals surface area contributed by atoms with E-state index in [1.807, 2.05) is 76.3 Å². The van der Waals surface area contributed by atoms with E-state index in [-0.39, 0.29) is 24.0 Å². The van der Waals surface area contributed by atoms with E-state index in [0.717, 1.165) is 34.9 Å². The highest BCUT2D eigenvalue weighted by Crippen LogP contribution is 2.44. The van der Waals surface area contributed by atoms with Crippen molar-refractivity contribution in [2.75, 3.05) is 26.4 Å². The maximum absolute atomic E-state index is 10.3. The molecule has 0 aromatic heterocycles. The molecule has 4 aliphatic carbocycles. The van der Waals surface area contributed by atoms with Crippen molar-refractivity contribution in [3.8, 4) is 0 Å². The summed E-state index contributed by atoms with van der Waals surface area (Å²) in [4.78, 5) is 31.0. The first kappa shape index (κ1) is 87.6. The van der Waals surface area contributed by atoms with Crippen LogP contribution in [0.3, 0.4) is 0 Å². The first-order valence-corrected chi connectivity index (χ1v) is 33.9. The van der Waals surface area contributed by atoms with Gasteiger partial charge in [-0.25, -0.2) is 0 Å². The Hall–Kier alpha value is -6.43. The Morgan fingerprint density at radius 1 is 0.383 bits per heavy atom. The molecule has 0 fully saturated rings. The molecular formula is C85H126O9. The first-order valence-electron chi connectivity index (χ1n) is 33.9. The van der Waals surface area contributed by atoms with E-state index in [1.54, 1.807) is 24.3 Å². The van der Waals surface area contributed by atoms with Gasteiger partial charge in [0, 0.05) is 0 Å². The Morgan fingerprint density at radius 3 is 0.819 bits per heavy atom. The summed E-state index contributed by atoms with van der Waals surface area (Å²) in [6.07, 6.45) is 62.7. The van der Waals surface area contributed by atoms with Gasteiger partial charge in [-0.15, -0.1) is 0 Å². The number of aliphatic hydroxyl groups is 6. The van der Waals surface area contributed by atoms with Crippen LogP contribution in [-0.4, -0.2) is 87.6 Å². The van der Waals surface area contributed by atoms with Crippen molar-refractivity contribution < 1.29 is 45.0 Å². The number of ketones is 1. The Labute approximate surface area is 571 Å². The van der Waals surface area contributed by atoms with Gasteiger partial charge < -0.3 is 30.6 Å². The molecule has 0 heterocycles. The molecule has 2 atom stereocenters. The van der Waals surface area contributed by atoms with Gasteiger partial charge in [-0.3, -0.25) is 14.4 Å². The van der Waals surface area contributed by atoms with Gasteiger partial charge in [0.1, 0.15) is 31.4 Å². The van der Waals surface area contributed by atoms with Crippen molar-refractivity contribution >= 4 is 18.4 Å². The quantitative estimate of drug-likeness (QED) is 0.0312. The zero-order valence-electron chi connectivity index (χ0n) is 61.9. The fourth-order valence-corrected chi connectivity index (χ4v) is 11.7. The van der Waals surface area contributed by atoms with Crippen LogP contribution in [0.4, 0.5) is 0 Å². The Kier molecular flexibility index (Phi) is 43.5. The molecule has 0 unspecified atom stereocenters. The highest BCUT2D eigenvalue weighted by molar-refractivity contribution is 5.84. The highest BCUT2D eigenvalue weighted by Gasteiger charge is 2.29. The number of carbonyl (C=O) groups is 3. The summed E-state index contributed by atoms with van der Waals surface area (Å²) in [7, 11) is 0. The first-order chi connectivity index (χ1) is 44.1. The number of aliphatic hydroxyl groups excluding tert-OH is 6. The second-order valence-corrected chi connectivity index (χ2v) is 28.3. The molecule has 6 N–H and O–H groups in total. The maximum atomic E-state index is 10.3. The summed E-state index contributed by atoms with van der Waals surface area (Å²) in [6, 6.07) is 0. The molecule has 94 heavy (non-hydrogen) atoms. The molecule has 9 nitrogen and oxygen atoms in total. The van der Waals surface area contributed by atoms with Crippen LogP contribution < -0.4 is 0 Å². The van der Waals surface area contributed by atoms with Crippen molar-refractivity contribution in [1.29, 1.82) is 0 Å². The summed E-state index contributed by atoms with van der Waals surface area (Å²) >= 11 is 0. The topological polar surface area (TPSA) is 173 Å². The average Bonchev–Trinajstić information content (AvgIpc) is 0.855. The molecule has 0 aliphatic heterocycles. The molecule has 0 saturated heterocycles. The van der Waals surface area contributed by atoms with E-state index in [9.17, 15) is 14.4 Å². The van der Waals surface area contributed by atoms with Gasteiger partial charge >= 0.3 is 0 Å². The third-order valence-corrected chi connectivity index (χ3v) is 17.6. The van der Waals surface area contributed by atoms with E-state index in [4.69, 9.17) is 30.6 Å². The van der Waals surface area contributed by atoms with E-state index in [0.29, 0.717) is 10.8 Å². The Balaban J connectivity index is 0.00000117.